The van der Waals surface area contributed by atoms with Crippen LogP contribution >= 0.6 is 0 Å². The van der Waals surface area contributed by atoms with Crippen LogP contribution in [0.3, 0.4) is 0 Å². The number of hydrogen-bond acceptors (Lipinski definition) is 3. The van der Waals surface area contributed by atoms with Crippen LogP contribution < -0.4 is 10.6 Å². The van der Waals surface area contributed by atoms with E-state index in [0.29, 0.717) is 19.3 Å². The molecule has 3 amide bonds. The lowest BCUT2D eigenvalue weighted by Gasteiger charge is -2.22. The third-order valence-electron chi connectivity index (χ3n) is 2.17. The quantitative estimate of drug-likeness (QED) is 0.644. The zero-order chi connectivity index (χ0) is 11.4. The molecule has 0 aromatic rings. The summed E-state index contributed by atoms with van der Waals surface area (Å²) in [6.45, 7) is 3.87. The summed E-state index contributed by atoms with van der Waals surface area (Å²) in [6.07, 6.45) is 1.09. The Labute approximate surface area is 88.6 Å². The van der Waals surface area contributed by atoms with Crippen LogP contribution in [-0.2, 0) is 14.4 Å². The van der Waals surface area contributed by atoms with Gasteiger partial charge in [0.15, 0.2) is 0 Å². The zero-order valence-corrected chi connectivity index (χ0v) is 9.00. The minimum atomic E-state index is -0.547. The van der Waals surface area contributed by atoms with Gasteiger partial charge in [-0.2, -0.15) is 0 Å². The van der Waals surface area contributed by atoms with Crippen LogP contribution in [0.5, 0.6) is 0 Å². The van der Waals surface area contributed by atoms with Crippen LogP contribution in [0, 0.1) is 5.92 Å². The number of carbonyl (C=O) groups is 3. The predicted octanol–water partition coefficient (Wildman–Crippen LogP) is -0.0461. The van der Waals surface area contributed by atoms with Crippen LogP contribution in [0.4, 0.5) is 0 Å². The molecule has 1 unspecified atom stereocenters. The number of piperidine rings is 1. The molecule has 1 aliphatic rings. The Morgan fingerprint density at radius 3 is 2.73 bits per heavy atom. The van der Waals surface area contributed by atoms with Crippen molar-refractivity contribution < 1.29 is 14.4 Å². The largest absolute Gasteiger partial charge is 0.344 e. The lowest BCUT2D eigenvalue weighted by atomic mass is 10.0. The van der Waals surface area contributed by atoms with E-state index in [1.54, 1.807) is 0 Å². The third-order valence-corrected chi connectivity index (χ3v) is 2.17. The molecule has 1 rings (SSSR count). The highest BCUT2D eigenvalue weighted by molar-refractivity contribution is 6.01. The van der Waals surface area contributed by atoms with Gasteiger partial charge in [-0.25, -0.2) is 0 Å². The molecule has 1 saturated heterocycles. The van der Waals surface area contributed by atoms with Crippen molar-refractivity contribution in [1.29, 1.82) is 0 Å². The van der Waals surface area contributed by atoms with E-state index in [1.165, 1.54) is 0 Å². The predicted molar refractivity (Wildman–Crippen MR) is 53.8 cm³/mol. The lowest BCUT2D eigenvalue weighted by molar-refractivity contribution is -0.137. The fourth-order valence-corrected chi connectivity index (χ4v) is 1.46. The van der Waals surface area contributed by atoms with Crippen molar-refractivity contribution in [3.05, 3.63) is 0 Å². The average molecular weight is 212 g/mol. The number of amides is 3. The van der Waals surface area contributed by atoms with Gasteiger partial charge in [-0.15, -0.1) is 0 Å². The second kappa shape index (κ2) is 4.91. The van der Waals surface area contributed by atoms with Gasteiger partial charge in [0.25, 0.3) is 0 Å². The van der Waals surface area contributed by atoms with Crippen molar-refractivity contribution in [3.8, 4) is 0 Å². The topological polar surface area (TPSA) is 75.3 Å². The van der Waals surface area contributed by atoms with Gasteiger partial charge in [0.2, 0.25) is 17.7 Å². The Hall–Kier alpha value is -1.39. The molecule has 0 bridgehead atoms. The molecular formula is C10H16N2O3. The molecular weight excluding hydrogens is 196 g/mol. The highest BCUT2D eigenvalue weighted by atomic mass is 16.2. The normalized spacial score (nSPS) is 21.4. The van der Waals surface area contributed by atoms with E-state index in [1.807, 2.05) is 13.8 Å². The molecule has 15 heavy (non-hydrogen) atoms. The molecule has 0 aromatic carbocycles. The summed E-state index contributed by atoms with van der Waals surface area (Å²) in [6, 6.07) is -0.547. The fraction of sp³-hybridized carbons (Fsp3) is 0.700. The average Bonchev–Trinajstić information content (AvgIpc) is 2.08. The monoisotopic (exact) mass is 212 g/mol. The second-order valence-electron chi connectivity index (χ2n) is 4.17. The summed E-state index contributed by atoms with van der Waals surface area (Å²) < 4.78 is 0. The van der Waals surface area contributed by atoms with Crippen LogP contribution in [0.15, 0.2) is 0 Å². The first-order chi connectivity index (χ1) is 6.99. The summed E-state index contributed by atoms with van der Waals surface area (Å²) in [5.41, 5.74) is 0. The molecule has 0 spiro atoms. The number of nitrogens with one attached hydrogen (secondary N) is 2. The van der Waals surface area contributed by atoms with Gasteiger partial charge < -0.3 is 5.32 Å². The summed E-state index contributed by atoms with van der Waals surface area (Å²) in [5.74, 6) is -0.546. The van der Waals surface area contributed by atoms with Crippen molar-refractivity contribution >= 4 is 17.7 Å². The first-order valence-electron chi connectivity index (χ1n) is 5.12. The number of hydrogen-bond donors (Lipinski definition) is 2. The standard InChI is InChI=1S/C10H16N2O3/c1-6(2)5-9(14)11-7-3-4-8(13)12-10(7)15/h6-7H,3-5H2,1-2H3,(H,11,14)(H,12,13,15). The number of carbonyl (C=O) groups excluding carboxylic acids is 3. The van der Waals surface area contributed by atoms with Gasteiger partial charge in [-0.05, 0) is 12.3 Å². The van der Waals surface area contributed by atoms with Gasteiger partial charge in [0.05, 0.1) is 0 Å². The van der Waals surface area contributed by atoms with Crippen LogP contribution in [0.1, 0.15) is 33.1 Å². The van der Waals surface area contributed by atoms with Gasteiger partial charge >= 0.3 is 0 Å². The van der Waals surface area contributed by atoms with Gasteiger partial charge in [-0.3, -0.25) is 19.7 Å². The van der Waals surface area contributed by atoms with Crippen molar-refractivity contribution in [2.24, 2.45) is 5.92 Å². The van der Waals surface area contributed by atoms with Gasteiger partial charge in [0, 0.05) is 12.8 Å². The smallest absolute Gasteiger partial charge is 0.249 e. The first kappa shape index (κ1) is 11.7. The molecule has 1 fully saturated rings. The molecule has 5 nitrogen and oxygen atoms in total. The molecule has 0 saturated carbocycles. The molecule has 84 valence electrons. The summed E-state index contributed by atoms with van der Waals surface area (Å²) in [4.78, 5) is 33.5. The molecule has 1 aliphatic heterocycles. The molecule has 1 heterocycles. The second-order valence-corrected chi connectivity index (χ2v) is 4.17. The first-order valence-corrected chi connectivity index (χ1v) is 5.12. The summed E-state index contributed by atoms with van der Waals surface area (Å²) in [7, 11) is 0. The van der Waals surface area contributed by atoms with E-state index >= 15 is 0 Å². The maximum Gasteiger partial charge on any atom is 0.249 e. The van der Waals surface area contributed by atoms with E-state index in [-0.39, 0.29) is 17.7 Å². The number of imide groups is 1. The van der Waals surface area contributed by atoms with Crippen LogP contribution in [0.25, 0.3) is 0 Å². The van der Waals surface area contributed by atoms with E-state index in [4.69, 9.17) is 0 Å². The Morgan fingerprint density at radius 2 is 2.20 bits per heavy atom. The fourth-order valence-electron chi connectivity index (χ4n) is 1.46. The molecule has 0 aliphatic carbocycles. The molecule has 5 heteroatoms. The summed E-state index contributed by atoms with van der Waals surface area (Å²) >= 11 is 0. The minimum absolute atomic E-state index is 0.139. The van der Waals surface area contributed by atoms with E-state index < -0.39 is 11.9 Å². The van der Waals surface area contributed by atoms with Crippen LogP contribution in [0.2, 0.25) is 0 Å². The maximum atomic E-state index is 11.4. The Bertz CT molecular complexity index is 286. The SMILES string of the molecule is CC(C)CC(=O)NC1CCC(=O)NC1=O. The molecule has 0 radical (unpaired) electrons. The Balaban J connectivity index is 2.41. The minimum Gasteiger partial charge on any atom is -0.344 e. The highest BCUT2D eigenvalue weighted by Gasteiger charge is 2.27. The Kier molecular flexibility index (Phi) is 3.82. The number of rotatable bonds is 3. The third kappa shape index (κ3) is 3.69. The van der Waals surface area contributed by atoms with Gasteiger partial charge in [-0.1, -0.05) is 13.8 Å². The zero-order valence-electron chi connectivity index (χ0n) is 9.00. The van der Waals surface area contributed by atoms with Crippen molar-refractivity contribution in [2.45, 2.75) is 39.2 Å². The molecule has 2 N–H and O–H groups in total. The van der Waals surface area contributed by atoms with E-state index in [9.17, 15) is 14.4 Å². The van der Waals surface area contributed by atoms with E-state index in [2.05, 4.69) is 10.6 Å². The maximum absolute atomic E-state index is 11.4. The molecule has 0 aromatic heterocycles. The van der Waals surface area contributed by atoms with Crippen LogP contribution in [-0.4, -0.2) is 23.8 Å². The lowest BCUT2D eigenvalue weighted by Crippen LogP contribution is -2.52. The van der Waals surface area contributed by atoms with E-state index in [0.717, 1.165) is 0 Å². The van der Waals surface area contributed by atoms with Crippen molar-refractivity contribution in [2.75, 3.05) is 0 Å². The molecule has 1 atom stereocenters. The Morgan fingerprint density at radius 1 is 1.53 bits per heavy atom. The highest BCUT2D eigenvalue weighted by Crippen LogP contribution is 2.06. The summed E-state index contributed by atoms with van der Waals surface area (Å²) in [5, 5.41) is 4.81. The van der Waals surface area contributed by atoms with Crippen molar-refractivity contribution in [3.63, 3.8) is 0 Å². The van der Waals surface area contributed by atoms with Gasteiger partial charge in [0.1, 0.15) is 6.04 Å². The van der Waals surface area contributed by atoms with Crippen molar-refractivity contribution in [1.82, 2.24) is 10.6 Å².